The molecule has 0 aromatic rings. The summed E-state index contributed by atoms with van der Waals surface area (Å²) in [5, 5.41) is 20.3. The van der Waals surface area contributed by atoms with Crippen LogP contribution in [0.4, 0.5) is 0 Å². The summed E-state index contributed by atoms with van der Waals surface area (Å²) >= 11 is 0. The lowest BCUT2D eigenvalue weighted by molar-refractivity contribution is -0.140. The maximum atomic E-state index is 11.0. The maximum absolute atomic E-state index is 11.0. The molecule has 4 atom stereocenters. The van der Waals surface area contributed by atoms with Gasteiger partial charge in [-0.15, -0.1) is 0 Å². The van der Waals surface area contributed by atoms with Crippen LogP contribution < -0.4 is 0 Å². The predicted octanol–water partition coefficient (Wildman–Crippen LogP) is 1.23. The molecular formula is C16H28O6. The normalized spacial score (nSPS) is 32.5. The van der Waals surface area contributed by atoms with Gasteiger partial charge in [-0.1, -0.05) is 19.3 Å². The molecule has 2 aliphatic rings. The quantitative estimate of drug-likeness (QED) is 0.517. The lowest BCUT2D eigenvalue weighted by atomic mass is 9.88. The first-order valence-electron chi connectivity index (χ1n) is 8.29. The molecule has 0 bridgehead atoms. The van der Waals surface area contributed by atoms with E-state index >= 15 is 0 Å². The van der Waals surface area contributed by atoms with E-state index in [0.29, 0.717) is 26.1 Å². The van der Waals surface area contributed by atoms with Crippen LogP contribution in [0.25, 0.3) is 0 Å². The second-order valence-electron chi connectivity index (χ2n) is 6.25. The van der Waals surface area contributed by atoms with E-state index in [-0.39, 0.29) is 24.1 Å². The Morgan fingerprint density at radius 3 is 2.45 bits per heavy atom. The molecule has 22 heavy (non-hydrogen) atoms. The standard InChI is InChI=1S/C16H28O6/c1-20-14(19)7-5-3-2-4-6-11-12(17)10-13(18)15(11)16-21-8-9-22-16/h11-13,15-18H,2-10H2,1H3/t11-,12-,13+,15+/m0/s1. The molecule has 0 aromatic heterocycles. The smallest absolute Gasteiger partial charge is 0.305 e. The van der Waals surface area contributed by atoms with Crippen LogP contribution in [-0.2, 0) is 19.0 Å². The minimum absolute atomic E-state index is 0.0266. The van der Waals surface area contributed by atoms with E-state index in [0.717, 1.165) is 32.1 Å². The summed E-state index contributed by atoms with van der Waals surface area (Å²) in [5.41, 5.74) is 0. The number of methoxy groups -OCH3 is 1. The minimum atomic E-state index is -0.553. The van der Waals surface area contributed by atoms with Gasteiger partial charge in [0.05, 0.1) is 32.5 Å². The highest BCUT2D eigenvalue weighted by Crippen LogP contribution is 2.40. The van der Waals surface area contributed by atoms with Gasteiger partial charge in [-0.25, -0.2) is 0 Å². The van der Waals surface area contributed by atoms with Gasteiger partial charge >= 0.3 is 5.97 Å². The molecule has 1 saturated heterocycles. The van der Waals surface area contributed by atoms with Crippen molar-refractivity contribution in [2.45, 2.75) is 63.4 Å². The SMILES string of the molecule is COC(=O)CCCCCC[C@@H]1[C@@H](C2OCCO2)[C@H](O)C[C@@H]1O. The molecule has 1 aliphatic carbocycles. The van der Waals surface area contributed by atoms with Gasteiger partial charge in [-0.3, -0.25) is 4.79 Å². The van der Waals surface area contributed by atoms with Crippen molar-refractivity contribution in [2.24, 2.45) is 11.8 Å². The van der Waals surface area contributed by atoms with Crippen LogP contribution in [0.2, 0.25) is 0 Å². The van der Waals surface area contributed by atoms with Crippen LogP contribution in [0.15, 0.2) is 0 Å². The van der Waals surface area contributed by atoms with Crippen molar-refractivity contribution in [2.75, 3.05) is 20.3 Å². The van der Waals surface area contributed by atoms with Gasteiger partial charge in [0, 0.05) is 12.3 Å². The summed E-state index contributed by atoms with van der Waals surface area (Å²) in [6, 6.07) is 0. The number of aliphatic hydroxyl groups is 2. The zero-order valence-electron chi connectivity index (χ0n) is 13.3. The van der Waals surface area contributed by atoms with E-state index in [1.807, 2.05) is 0 Å². The summed E-state index contributed by atoms with van der Waals surface area (Å²) in [6.07, 6.45) is 4.09. The second-order valence-corrected chi connectivity index (χ2v) is 6.25. The van der Waals surface area contributed by atoms with Crippen LogP contribution in [0, 0.1) is 11.8 Å². The Labute approximate surface area is 131 Å². The Kier molecular flexibility index (Phi) is 7.08. The van der Waals surface area contributed by atoms with Crippen molar-refractivity contribution in [1.82, 2.24) is 0 Å². The Morgan fingerprint density at radius 2 is 1.77 bits per heavy atom. The number of carbonyl (C=O) groups is 1. The number of rotatable bonds is 8. The van der Waals surface area contributed by atoms with E-state index in [9.17, 15) is 15.0 Å². The van der Waals surface area contributed by atoms with Crippen molar-refractivity contribution in [3.63, 3.8) is 0 Å². The third kappa shape index (κ3) is 4.65. The van der Waals surface area contributed by atoms with Gasteiger partial charge in [0.15, 0.2) is 6.29 Å². The van der Waals surface area contributed by atoms with E-state index < -0.39 is 12.2 Å². The molecule has 1 heterocycles. The largest absolute Gasteiger partial charge is 0.469 e. The zero-order valence-corrected chi connectivity index (χ0v) is 13.3. The summed E-state index contributed by atoms with van der Waals surface area (Å²) < 4.78 is 15.7. The Balaban J connectivity index is 1.69. The van der Waals surface area contributed by atoms with E-state index in [1.165, 1.54) is 7.11 Å². The number of esters is 1. The van der Waals surface area contributed by atoms with Gasteiger partial charge in [-0.05, 0) is 25.2 Å². The lowest BCUT2D eigenvalue weighted by Gasteiger charge is -2.27. The van der Waals surface area contributed by atoms with Crippen molar-refractivity contribution in [1.29, 1.82) is 0 Å². The molecule has 0 aromatic carbocycles. The van der Waals surface area contributed by atoms with E-state index in [1.54, 1.807) is 0 Å². The predicted molar refractivity (Wildman–Crippen MR) is 79.0 cm³/mol. The highest BCUT2D eigenvalue weighted by molar-refractivity contribution is 5.68. The lowest BCUT2D eigenvalue weighted by Crippen LogP contribution is -2.34. The van der Waals surface area contributed by atoms with Crippen molar-refractivity contribution in [3.8, 4) is 0 Å². The maximum Gasteiger partial charge on any atom is 0.305 e. The van der Waals surface area contributed by atoms with Crippen LogP contribution in [0.5, 0.6) is 0 Å². The second kappa shape index (κ2) is 8.82. The van der Waals surface area contributed by atoms with Gasteiger partial charge < -0.3 is 24.4 Å². The van der Waals surface area contributed by atoms with Crippen LogP contribution >= 0.6 is 0 Å². The van der Waals surface area contributed by atoms with Crippen molar-refractivity contribution >= 4 is 5.97 Å². The highest BCUT2D eigenvalue weighted by atomic mass is 16.7. The molecule has 6 heteroatoms. The van der Waals surface area contributed by atoms with Gasteiger partial charge in [0.25, 0.3) is 0 Å². The van der Waals surface area contributed by atoms with E-state index in [2.05, 4.69) is 4.74 Å². The summed E-state index contributed by atoms with van der Waals surface area (Å²) in [5.74, 6) is -0.267. The Bertz CT molecular complexity index is 342. The molecule has 1 saturated carbocycles. The molecule has 2 rings (SSSR count). The molecule has 0 amide bonds. The fourth-order valence-corrected chi connectivity index (χ4v) is 3.59. The molecule has 0 radical (unpaired) electrons. The monoisotopic (exact) mass is 316 g/mol. The fraction of sp³-hybridized carbons (Fsp3) is 0.938. The average Bonchev–Trinajstić information content (AvgIpc) is 3.10. The summed E-state index contributed by atoms with van der Waals surface area (Å²) in [6.45, 7) is 1.12. The molecule has 0 spiro atoms. The minimum Gasteiger partial charge on any atom is -0.469 e. The zero-order chi connectivity index (χ0) is 15.9. The molecule has 0 unspecified atom stereocenters. The van der Waals surface area contributed by atoms with Crippen LogP contribution in [0.3, 0.4) is 0 Å². The van der Waals surface area contributed by atoms with E-state index in [4.69, 9.17) is 9.47 Å². The Morgan fingerprint density at radius 1 is 1.09 bits per heavy atom. The molecule has 2 N–H and O–H groups in total. The first-order chi connectivity index (χ1) is 10.6. The number of hydrogen-bond donors (Lipinski definition) is 2. The molecule has 6 nitrogen and oxygen atoms in total. The first-order valence-corrected chi connectivity index (χ1v) is 8.29. The highest BCUT2D eigenvalue weighted by Gasteiger charge is 2.47. The molecule has 128 valence electrons. The molecule has 1 aliphatic heterocycles. The first kappa shape index (κ1) is 17.7. The van der Waals surface area contributed by atoms with Crippen LogP contribution in [-0.4, -0.2) is 55.0 Å². The number of carbonyl (C=O) groups excluding carboxylic acids is 1. The molecule has 2 fully saturated rings. The van der Waals surface area contributed by atoms with Crippen LogP contribution in [0.1, 0.15) is 44.9 Å². The van der Waals surface area contributed by atoms with Crippen molar-refractivity contribution in [3.05, 3.63) is 0 Å². The Hall–Kier alpha value is -0.690. The summed E-state index contributed by atoms with van der Waals surface area (Å²) in [7, 11) is 1.41. The van der Waals surface area contributed by atoms with Gasteiger partial charge in [-0.2, -0.15) is 0 Å². The van der Waals surface area contributed by atoms with Gasteiger partial charge in [0.2, 0.25) is 0 Å². The van der Waals surface area contributed by atoms with Crippen molar-refractivity contribution < 1.29 is 29.2 Å². The number of hydrogen-bond acceptors (Lipinski definition) is 6. The van der Waals surface area contributed by atoms with Gasteiger partial charge in [0.1, 0.15) is 0 Å². The number of ether oxygens (including phenoxy) is 3. The third-order valence-corrected chi connectivity index (χ3v) is 4.77. The molecular weight excluding hydrogens is 288 g/mol. The average molecular weight is 316 g/mol. The summed E-state index contributed by atoms with van der Waals surface area (Å²) in [4.78, 5) is 11.0. The topological polar surface area (TPSA) is 85.2 Å². The fourth-order valence-electron chi connectivity index (χ4n) is 3.59. The number of aliphatic hydroxyl groups excluding tert-OH is 2. The third-order valence-electron chi connectivity index (χ3n) is 4.77. The number of unbranched alkanes of at least 4 members (excludes halogenated alkanes) is 3.